The quantitative estimate of drug-likeness (QED) is 0.776. The normalized spacial score (nSPS) is 32.0. The number of sulfonamides is 1. The zero-order valence-corrected chi connectivity index (χ0v) is 13.5. The summed E-state index contributed by atoms with van der Waals surface area (Å²) in [7, 11) is -6.00. The summed E-state index contributed by atoms with van der Waals surface area (Å²) >= 11 is 0. The molecule has 0 saturated carbocycles. The molecule has 0 aromatic heterocycles. The van der Waals surface area contributed by atoms with E-state index in [2.05, 4.69) is 5.32 Å². The summed E-state index contributed by atoms with van der Waals surface area (Å²) in [4.78, 5) is 0. The zero-order valence-electron chi connectivity index (χ0n) is 11.9. The van der Waals surface area contributed by atoms with E-state index in [0.717, 1.165) is 25.7 Å². The largest absolute Gasteiger partial charge is 0.313 e. The van der Waals surface area contributed by atoms with Gasteiger partial charge in [0, 0.05) is 19.1 Å². The van der Waals surface area contributed by atoms with Crippen molar-refractivity contribution in [3.05, 3.63) is 0 Å². The van der Waals surface area contributed by atoms with E-state index >= 15 is 0 Å². The van der Waals surface area contributed by atoms with Gasteiger partial charge in [0.05, 0.1) is 17.8 Å². The molecule has 0 aliphatic carbocycles. The fourth-order valence-corrected chi connectivity index (χ4v) is 5.62. The molecule has 0 radical (unpaired) electrons. The highest BCUT2D eigenvalue weighted by Gasteiger charge is 2.28. The van der Waals surface area contributed by atoms with Crippen molar-refractivity contribution in [2.24, 2.45) is 5.92 Å². The third kappa shape index (κ3) is 4.68. The predicted molar refractivity (Wildman–Crippen MR) is 78.8 cm³/mol. The Kier molecular flexibility index (Phi) is 5.09. The molecule has 6 nitrogen and oxygen atoms in total. The second-order valence-electron chi connectivity index (χ2n) is 5.99. The van der Waals surface area contributed by atoms with Crippen molar-refractivity contribution in [1.29, 1.82) is 0 Å². The van der Waals surface area contributed by atoms with Gasteiger partial charge in [-0.2, -0.15) is 0 Å². The monoisotopic (exact) mass is 324 g/mol. The lowest BCUT2D eigenvalue weighted by Crippen LogP contribution is -2.46. The molecule has 2 heterocycles. The summed E-state index contributed by atoms with van der Waals surface area (Å²) in [6.45, 7) is 1.85. The number of piperidine rings is 1. The molecule has 2 atom stereocenters. The van der Waals surface area contributed by atoms with Crippen LogP contribution in [0.4, 0.5) is 0 Å². The van der Waals surface area contributed by atoms with E-state index in [1.165, 1.54) is 10.6 Å². The van der Waals surface area contributed by atoms with Gasteiger partial charge >= 0.3 is 0 Å². The van der Waals surface area contributed by atoms with Crippen molar-refractivity contribution in [2.45, 2.75) is 31.7 Å². The van der Waals surface area contributed by atoms with Crippen LogP contribution in [0.3, 0.4) is 0 Å². The Bertz CT molecular complexity index is 530. The van der Waals surface area contributed by atoms with Gasteiger partial charge in [0.15, 0.2) is 9.84 Å². The van der Waals surface area contributed by atoms with E-state index in [4.69, 9.17) is 0 Å². The van der Waals surface area contributed by atoms with Crippen LogP contribution in [0.2, 0.25) is 0 Å². The second kappa shape index (κ2) is 6.29. The van der Waals surface area contributed by atoms with Gasteiger partial charge in [0.25, 0.3) is 0 Å². The lowest BCUT2D eigenvalue weighted by atomic mass is 9.99. The maximum absolute atomic E-state index is 11.6. The molecule has 0 aromatic carbocycles. The van der Waals surface area contributed by atoms with E-state index in [1.807, 2.05) is 0 Å². The summed E-state index contributed by atoms with van der Waals surface area (Å²) in [5.41, 5.74) is 0. The highest BCUT2D eigenvalue weighted by molar-refractivity contribution is 7.91. The Hall–Kier alpha value is -0.180. The third-order valence-electron chi connectivity index (χ3n) is 4.11. The molecule has 0 aromatic rings. The second-order valence-corrected chi connectivity index (χ2v) is 10.2. The molecular formula is C12H24N2O4S2. The summed E-state index contributed by atoms with van der Waals surface area (Å²) < 4.78 is 47.8. The average molecular weight is 324 g/mol. The molecule has 20 heavy (non-hydrogen) atoms. The van der Waals surface area contributed by atoms with Crippen LogP contribution in [0, 0.1) is 5.92 Å². The summed E-state index contributed by atoms with van der Waals surface area (Å²) in [5, 5.41) is 3.32. The van der Waals surface area contributed by atoms with Gasteiger partial charge in [-0.3, -0.25) is 0 Å². The molecule has 118 valence electrons. The van der Waals surface area contributed by atoms with E-state index in [9.17, 15) is 16.8 Å². The Labute approximate surface area is 121 Å². The zero-order chi connectivity index (χ0) is 14.8. The molecule has 2 unspecified atom stereocenters. The highest BCUT2D eigenvalue weighted by Crippen LogP contribution is 2.19. The van der Waals surface area contributed by atoms with Crippen LogP contribution < -0.4 is 5.32 Å². The molecule has 1 N–H and O–H groups in total. The van der Waals surface area contributed by atoms with Crippen LogP contribution >= 0.6 is 0 Å². The van der Waals surface area contributed by atoms with Gasteiger partial charge in [0.2, 0.25) is 10.0 Å². The molecule has 0 amide bonds. The minimum atomic E-state index is -3.11. The van der Waals surface area contributed by atoms with Crippen LogP contribution in [0.5, 0.6) is 0 Å². The van der Waals surface area contributed by atoms with Crippen molar-refractivity contribution in [1.82, 2.24) is 9.62 Å². The van der Waals surface area contributed by atoms with Crippen LogP contribution in [0.15, 0.2) is 0 Å². The first-order valence-corrected chi connectivity index (χ1v) is 10.8. The van der Waals surface area contributed by atoms with Gasteiger partial charge in [-0.15, -0.1) is 0 Å². The van der Waals surface area contributed by atoms with Crippen molar-refractivity contribution < 1.29 is 16.8 Å². The third-order valence-corrected chi connectivity index (χ3v) is 7.20. The summed E-state index contributed by atoms with van der Waals surface area (Å²) in [5.74, 6) is 0.800. The average Bonchev–Trinajstić information content (AvgIpc) is 2.35. The predicted octanol–water partition coefficient (Wildman–Crippen LogP) is -0.175. The van der Waals surface area contributed by atoms with E-state index in [1.54, 1.807) is 0 Å². The Balaban J connectivity index is 1.82. The van der Waals surface area contributed by atoms with Crippen molar-refractivity contribution in [3.8, 4) is 0 Å². The first kappa shape index (κ1) is 16.2. The molecule has 2 rings (SSSR count). The Morgan fingerprint density at radius 1 is 1.25 bits per heavy atom. The smallest absolute Gasteiger partial charge is 0.211 e. The topological polar surface area (TPSA) is 83.6 Å². The molecular weight excluding hydrogens is 300 g/mol. The number of hydrogen-bond acceptors (Lipinski definition) is 5. The van der Waals surface area contributed by atoms with E-state index in [0.29, 0.717) is 25.4 Å². The summed E-state index contributed by atoms with van der Waals surface area (Å²) in [6.07, 6.45) is 4.74. The van der Waals surface area contributed by atoms with Gasteiger partial charge in [-0.1, -0.05) is 0 Å². The van der Waals surface area contributed by atoms with E-state index < -0.39 is 19.9 Å². The van der Waals surface area contributed by atoms with Crippen molar-refractivity contribution >= 4 is 19.9 Å². The fourth-order valence-electron chi connectivity index (χ4n) is 3.01. The highest BCUT2D eigenvalue weighted by atomic mass is 32.2. The molecule has 0 bridgehead atoms. The lowest BCUT2D eigenvalue weighted by molar-refractivity contribution is 0.255. The maximum Gasteiger partial charge on any atom is 0.211 e. The van der Waals surface area contributed by atoms with Crippen LogP contribution in [-0.2, 0) is 19.9 Å². The van der Waals surface area contributed by atoms with Gasteiger partial charge < -0.3 is 5.32 Å². The first-order valence-electron chi connectivity index (χ1n) is 7.15. The minimum absolute atomic E-state index is 0.0300. The van der Waals surface area contributed by atoms with Gasteiger partial charge in [-0.05, 0) is 38.1 Å². The first-order chi connectivity index (χ1) is 9.26. The molecule has 2 fully saturated rings. The molecule has 8 heteroatoms. The summed E-state index contributed by atoms with van der Waals surface area (Å²) in [6, 6.07) is 0.0300. The van der Waals surface area contributed by atoms with Crippen LogP contribution in [-0.4, -0.2) is 64.6 Å². The van der Waals surface area contributed by atoms with Crippen molar-refractivity contribution in [2.75, 3.05) is 37.4 Å². The number of hydrogen-bond donors (Lipinski definition) is 1. The number of rotatable bonds is 4. The SMILES string of the molecule is CS(=O)(=O)N1CCCC(CNC2CCCS(=O)(=O)C2)C1. The van der Waals surface area contributed by atoms with Gasteiger partial charge in [-0.25, -0.2) is 21.1 Å². The standard InChI is InChI=1S/C12H24N2O4S2/c1-19(15,16)14-6-2-4-11(9-14)8-13-12-5-3-7-20(17,18)10-12/h11-13H,2-10H2,1H3. The molecule has 2 aliphatic rings. The lowest BCUT2D eigenvalue weighted by Gasteiger charge is -2.32. The fraction of sp³-hybridized carbons (Fsp3) is 1.00. The minimum Gasteiger partial charge on any atom is -0.313 e. The number of nitrogens with zero attached hydrogens (tertiary/aromatic N) is 1. The molecule has 2 saturated heterocycles. The number of sulfone groups is 1. The van der Waals surface area contributed by atoms with Gasteiger partial charge in [0.1, 0.15) is 0 Å². The number of nitrogens with one attached hydrogen (secondary N) is 1. The van der Waals surface area contributed by atoms with E-state index in [-0.39, 0.29) is 17.7 Å². The molecule has 0 spiro atoms. The van der Waals surface area contributed by atoms with Crippen molar-refractivity contribution in [3.63, 3.8) is 0 Å². The Morgan fingerprint density at radius 2 is 2.00 bits per heavy atom. The van der Waals surface area contributed by atoms with Crippen LogP contribution in [0.25, 0.3) is 0 Å². The Morgan fingerprint density at radius 3 is 2.65 bits per heavy atom. The maximum atomic E-state index is 11.6. The van der Waals surface area contributed by atoms with Crippen LogP contribution in [0.1, 0.15) is 25.7 Å². The molecule has 2 aliphatic heterocycles.